The summed E-state index contributed by atoms with van der Waals surface area (Å²) >= 11 is 4.81. The molecule has 0 aliphatic heterocycles. The highest BCUT2D eigenvalue weighted by Gasteiger charge is 2.23. The van der Waals surface area contributed by atoms with Crippen LogP contribution in [0.2, 0.25) is 0 Å². The summed E-state index contributed by atoms with van der Waals surface area (Å²) in [6.45, 7) is 0. The van der Waals surface area contributed by atoms with E-state index in [1.807, 2.05) is 24.3 Å². The first kappa shape index (κ1) is 12.8. The van der Waals surface area contributed by atoms with Gasteiger partial charge in [-0.2, -0.15) is 0 Å². The number of hydrogen-bond acceptors (Lipinski definition) is 2. The Morgan fingerprint density at radius 2 is 1.72 bits per heavy atom. The normalized spacial score (nSPS) is 15.3. The third-order valence-corrected chi connectivity index (χ3v) is 3.27. The minimum Gasteiger partial charge on any atom is -0.376 e. The number of rotatable bonds is 3. The van der Waals surface area contributed by atoms with Crippen molar-refractivity contribution in [2.24, 2.45) is 11.7 Å². The van der Waals surface area contributed by atoms with Gasteiger partial charge in [-0.15, -0.1) is 0 Å². The number of carbonyl (C=O) groups is 1. The number of thiocarbonyl (C=S) groups is 1. The van der Waals surface area contributed by atoms with Gasteiger partial charge in [-0.25, -0.2) is 0 Å². The zero-order chi connectivity index (χ0) is 13.0. The maximum atomic E-state index is 12.0. The van der Waals surface area contributed by atoms with Gasteiger partial charge in [0.15, 0.2) is 5.11 Å². The molecule has 1 aromatic rings. The molecule has 0 spiro atoms. The van der Waals surface area contributed by atoms with Crippen molar-refractivity contribution in [3.05, 3.63) is 24.3 Å². The van der Waals surface area contributed by atoms with Crippen LogP contribution in [0, 0.1) is 5.92 Å². The molecule has 0 saturated heterocycles. The summed E-state index contributed by atoms with van der Waals surface area (Å²) in [5.74, 6) is 0.229. The van der Waals surface area contributed by atoms with E-state index in [0.717, 1.165) is 37.1 Å². The molecule has 1 fully saturated rings. The zero-order valence-corrected chi connectivity index (χ0v) is 10.9. The van der Waals surface area contributed by atoms with Gasteiger partial charge in [-0.3, -0.25) is 4.79 Å². The molecular weight excluding hydrogens is 246 g/mol. The number of nitrogens with one attached hydrogen (secondary N) is 2. The van der Waals surface area contributed by atoms with Crippen molar-refractivity contribution in [3.63, 3.8) is 0 Å². The summed E-state index contributed by atoms with van der Waals surface area (Å²) in [7, 11) is 0. The molecule has 2 rings (SSSR count). The number of benzene rings is 1. The van der Waals surface area contributed by atoms with E-state index in [9.17, 15) is 4.79 Å². The number of carbonyl (C=O) groups excluding carboxylic acids is 1. The summed E-state index contributed by atoms with van der Waals surface area (Å²) in [4.78, 5) is 12.0. The number of amides is 1. The summed E-state index contributed by atoms with van der Waals surface area (Å²) in [5, 5.41) is 6.00. The predicted molar refractivity (Wildman–Crippen MR) is 77.4 cm³/mol. The van der Waals surface area contributed by atoms with E-state index < -0.39 is 0 Å². The van der Waals surface area contributed by atoms with Crippen LogP contribution < -0.4 is 16.4 Å². The molecule has 1 aliphatic carbocycles. The Hall–Kier alpha value is -1.62. The molecule has 0 atom stereocenters. The van der Waals surface area contributed by atoms with Crippen molar-refractivity contribution < 1.29 is 4.79 Å². The van der Waals surface area contributed by atoms with Crippen LogP contribution >= 0.6 is 12.2 Å². The van der Waals surface area contributed by atoms with Gasteiger partial charge in [0.25, 0.3) is 0 Å². The molecule has 4 N–H and O–H groups in total. The molecule has 0 aromatic heterocycles. The van der Waals surface area contributed by atoms with Crippen LogP contribution in [0.15, 0.2) is 24.3 Å². The third kappa shape index (κ3) is 3.20. The molecule has 96 valence electrons. The highest BCUT2D eigenvalue weighted by molar-refractivity contribution is 7.80. The second-order valence-electron chi connectivity index (χ2n) is 4.51. The number of hydrogen-bond donors (Lipinski definition) is 3. The minimum absolute atomic E-state index is 0.0877. The summed E-state index contributed by atoms with van der Waals surface area (Å²) in [6, 6.07) is 7.41. The highest BCUT2D eigenvalue weighted by atomic mass is 32.1. The van der Waals surface area contributed by atoms with Crippen LogP contribution in [-0.2, 0) is 4.79 Å². The first-order valence-electron chi connectivity index (χ1n) is 6.13. The van der Waals surface area contributed by atoms with E-state index in [-0.39, 0.29) is 16.9 Å². The molecule has 0 bridgehead atoms. The average molecular weight is 263 g/mol. The summed E-state index contributed by atoms with van der Waals surface area (Å²) in [6.07, 6.45) is 4.25. The molecule has 4 nitrogen and oxygen atoms in total. The molecule has 1 saturated carbocycles. The quantitative estimate of drug-likeness (QED) is 0.733. The van der Waals surface area contributed by atoms with Crippen molar-refractivity contribution in [1.29, 1.82) is 0 Å². The Kier molecular flexibility index (Phi) is 4.15. The van der Waals surface area contributed by atoms with E-state index in [1.165, 1.54) is 0 Å². The second-order valence-corrected chi connectivity index (χ2v) is 4.95. The first-order valence-corrected chi connectivity index (χ1v) is 6.54. The molecule has 1 aliphatic rings. The molecule has 1 aromatic carbocycles. The van der Waals surface area contributed by atoms with E-state index in [4.69, 9.17) is 18.0 Å². The molecule has 5 heteroatoms. The molecule has 1 amide bonds. The minimum atomic E-state index is 0.0877. The van der Waals surface area contributed by atoms with Crippen molar-refractivity contribution in [3.8, 4) is 0 Å². The van der Waals surface area contributed by atoms with Gasteiger partial charge in [-0.1, -0.05) is 25.0 Å². The summed E-state index contributed by atoms with van der Waals surface area (Å²) < 4.78 is 0. The summed E-state index contributed by atoms with van der Waals surface area (Å²) in [5.41, 5.74) is 6.91. The Balaban J connectivity index is 2.07. The van der Waals surface area contributed by atoms with Gasteiger partial charge in [0, 0.05) is 5.92 Å². The van der Waals surface area contributed by atoms with Gasteiger partial charge < -0.3 is 16.4 Å². The molecular formula is C13H17N3OS. The SMILES string of the molecule is NC(=S)Nc1ccccc1NC(=O)C1CCCC1. The molecule has 0 radical (unpaired) electrons. The van der Waals surface area contributed by atoms with Crippen LogP contribution in [0.5, 0.6) is 0 Å². The van der Waals surface area contributed by atoms with E-state index >= 15 is 0 Å². The Labute approximate surface area is 112 Å². The first-order chi connectivity index (χ1) is 8.66. The lowest BCUT2D eigenvalue weighted by Crippen LogP contribution is -2.23. The fourth-order valence-corrected chi connectivity index (χ4v) is 2.37. The van der Waals surface area contributed by atoms with Gasteiger partial charge in [0.05, 0.1) is 11.4 Å². The lowest BCUT2D eigenvalue weighted by Gasteiger charge is -2.14. The monoisotopic (exact) mass is 263 g/mol. The lowest BCUT2D eigenvalue weighted by atomic mass is 10.1. The Bertz CT molecular complexity index is 455. The maximum absolute atomic E-state index is 12.0. The maximum Gasteiger partial charge on any atom is 0.227 e. The van der Waals surface area contributed by atoms with Crippen LogP contribution in [0.25, 0.3) is 0 Å². The average Bonchev–Trinajstić information content (AvgIpc) is 2.84. The largest absolute Gasteiger partial charge is 0.376 e. The number of anilines is 2. The fourth-order valence-electron chi connectivity index (χ4n) is 2.26. The van der Waals surface area contributed by atoms with Crippen LogP contribution in [0.1, 0.15) is 25.7 Å². The van der Waals surface area contributed by atoms with Gasteiger partial charge in [0.2, 0.25) is 5.91 Å². The van der Waals surface area contributed by atoms with Crippen molar-refractivity contribution >= 4 is 34.6 Å². The van der Waals surface area contributed by atoms with Gasteiger partial charge in [-0.05, 0) is 37.2 Å². The highest BCUT2D eigenvalue weighted by Crippen LogP contribution is 2.27. The standard InChI is InChI=1S/C13H17N3OS/c14-13(18)16-11-8-4-3-7-10(11)15-12(17)9-5-1-2-6-9/h3-4,7-9H,1-2,5-6H2,(H,15,17)(H3,14,16,18). The van der Waals surface area contributed by atoms with Crippen LogP contribution in [-0.4, -0.2) is 11.0 Å². The smallest absolute Gasteiger partial charge is 0.227 e. The van der Waals surface area contributed by atoms with Crippen LogP contribution in [0.3, 0.4) is 0 Å². The zero-order valence-electron chi connectivity index (χ0n) is 10.1. The van der Waals surface area contributed by atoms with Crippen molar-refractivity contribution in [1.82, 2.24) is 0 Å². The lowest BCUT2D eigenvalue weighted by molar-refractivity contribution is -0.119. The topological polar surface area (TPSA) is 67.2 Å². The van der Waals surface area contributed by atoms with E-state index in [0.29, 0.717) is 0 Å². The predicted octanol–water partition coefficient (Wildman–Crippen LogP) is 2.47. The Morgan fingerprint density at radius 1 is 1.17 bits per heavy atom. The second kappa shape index (κ2) is 5.82. The van der Waals surface area contributed by atoms with Crippen molar-refractivity contribution in [2.75, 3.05) is 10.6 Å². The number of nitrogens with two attached hydrogens (primary N) is 1. The van der Waals surface area contributed by atoms with Gasteiger partial charge in [0.1, 0.15) is 0 Å². The fraction of sp³-hybridized carbons (Fsp3) is 0.385. The third-order valence-electron chi connectivity index (χ3n) is 3.17. The number of para-hydroxylation sites is 2. The Morgan fingerprint density at radius 3 is 2.28 bits per heavy atom. The molecule has 0 heterocycles. The van der Waals surface area contributed by atoms with Crippen molar-refractivity contribution in [2.45, 2.75) is 25.7 Å². The van der Waals surface area contributed by atoms with E-state index in [1.54, 1.807) is 0 Å². The molecule has 18 heavy (non-hydrogen) atoms. The van der Waals surface area contributed by atoms with E-state index in [2.05, 4.69) is 10.6 Å². The van der Waals surface area contributed by atoms with Crippen LogP contribution in [0.4, 0.5) is 11.4 Å². The molecule has 0 unspecified atom stereocenters. The van der Waals surface area contributed by atoms with Gasteiger partial charge >= 0.3 is 0 Å².